The Morgan fingerprint density at radius 1 is 1.17 bits per heavy atom. The van der Waals surface area contributed by atoms with Gasteiger partial charge in [0.1, 0.15) is 28.6 Å². The molecule has 2 aromatic carbocycles. The molecule has 5 nitrogen and oxygen atoms in total. The first kappa shape index (κ1) is 19.8. The quantitative estimate of drug-likeness (QED) is 0.497. The molecule has 0 spiro atoms. The van der Waals surface area contributed by atoms with Crippen LogP contribution in [0.15, 0.2) is 66.2 Å². The summed E-state index contributed by atoms with van der Waals surface area (Å²) < 4.78 is 29.1. The van der Waals surface area contributed by atoms with Crippen molar-refractivity contribution in [2.45, 2.75) is 6.54 Å². The number of thiophene rings is 1. The molecule has 0 unspecified atom stereocenters. The first-order valence-electron chi connectivity index (χ1n) is 9.05. The molecule has 0 fully saturated rings. The fourth-order valence-electron chi connectivity index (χ4n) is 3.15. The van der Waals surface area contributed by atoms with Crippen molar-refractivity contribution in [3.63, 3.8) is 0 Å². The number of para-hydroxylation sites is 1. The van der Waals surface area contributed by atoms with Crippen molar-refractivity contribution in [1.82, 2.24) is 14.7 Å². The standard InChI is InChI=1S/C22H17F2N3O2S/c1-26(22(29)20-17(24)10-15(23)11-18(20)28)12-14-13-27(16-6-3-2-4-7-16)25-21(14)19-8-5-9-30-19/h2-11,13,28H,12H2,1H3. The van der Waals surface area contributed by atoms with E-state index in [9.17, 15) is 18.7 Å². The molecule has 2 heterocycles. The van der Waals surface area contributed by atoms with Gasteiger partial charge >= 0.3 is 0 Å². The summed E-state index contributed by atoms with van der Waals surface area (Å²) in [5.41, 5.74) is 1.75. The predicted molar refractivity (Wildman–Crippen MR) is 111 cm³/mol. The first-order chi connectivity index (χ1) is 14.4. The maximum absolute atomic E-state index is 14.1. The number of aromatic nitrogens is 2. The summed E-state index contributed by atoms with van der Waals surface area (Å²) in [4.78, 5) is 14.9. The number of carbonyl (C=O) groups is 1. The zero-order chi connectivity index (χ0) is 21.3. The molecule has 0 aliphatic carbocycles. The number of amides is 1. The molecule has 1 N–H and O–H groups in total. The summed E-state index contributed by atoms with van der Waals surface area (Å²) in [5.74, 6) is -3.55. The first-order valence-corrected chi connectivity index (χ1v) is 9.93. The van der Waals surface area contributed by atoms with Gasteiger partial charge in [0.2, 0.25) is 0 Å². The van der Waals surface area contributed by atoms with Crippen molar-refractivity contribution in [2.24, 2.45) is 0 Å². The van der Waals surface area contributed by atoms with Gasteiger partial charge in [-0.05, 0) is 23.6 Å². The number of aromatic hydroxyl groups is 1. The van der Waals surface area contributed by atoms with Crippen LogP contribution in [0.1, 0.15) is 15.9 Å². The van der Waals surface area contributed by atoms with E-state index in [4.69, 9.17) is 0 Å². The Bertz CT molecular complexity index is 1170. The summed E-state index contributed by atoms with van der Waals surface area (Å²) in [5, 5.41) is 16.5. The van der Waals surface area contributed by atoms with Gasteiger partial charge in [-0.3, -0.25) is 4.79 Å². The molecule has 0 bridgehead atoms. The van der Waals surface area contributed by atoms with Gasteiger partial charge in [0.25, 0.3) is 5.91 Å². The Labute approximate surface area is 175 Å². The summed E-state index contributed by atoms with van der Waals surface area (Å²) in [7, 11) is 1.49. The molecular weight excluding hydrogens is 408 g/mol. The van der Waals surface area contributed by atoms with Crippen LogP contribution in [0.4, 0.5) is 8.78 Å². The van der Waals surface area contributed by atoms with Crippen molar-refractivity contribution in [3.8, 4) is 22.0 Å². The number of phenolic OH excluding ortho intramolecular Hbond substituents is 1. The van der Waals surface area contributed by atoms with Crippen molar-refractivity contribution in [2.75, 3.05) is 7.05 Å². The van der Waals surface area contributed by atoms with Crippen LogP contribution in [0.3, 0.4) is 0 Å². The van der Waals surface area contributed by atoms with E-state index in [-0.39, 0.29) is 6.54 Å². The minimum atomic E-state index is -1.11. The van der Waals surface area contributed by atoms with E-state index in [0.717, 1.165) is 16.1 Å². The summed E-state index contributed by atoms with van der Waals surface area (Å²) in [6, 6.07) is 14.7. The molecule has 4 aromatic rings. The van der Waals surface area contributed by atoms with Crippen LogP contribution in [0.25, 0.3) is 16.3 Å². The van der Waals surface area contributed by atoms with Gasteiger partial charge in [-0.1, -0.05) is 24.3 Å². The maximum atomic E-state index is 14.1. The van der Waals surface area contributed by atoms with Crippen molar-refractivity contribution in [1.29, 1.82) is 0 Å². The van der Waals surface area contributed by atoms with E-state index in [2.05, 4.69) is 5.10 Å². The molecule has 0 saturated heterocycles. The molecule has 0 saturated carbocycles. The molecule has 4 rings (SSSR count). The molecule has 152 valence electrons. The highest BCUT2D eigenvalue weighted by molar-refractivity contribution is 7.13. The van der Waals surface area contributed by atoms with Crippen LogP contribution in [-0.2, 0) is 6.54 Å². The lowest BCUT2D eigenvalue weighted by molar-refractivity contribution is 0.0777. The van der Waals surface area contributed by atoms with E-state index in [1.54, 1.807) is 4.68 Å². The fourth-order valence-corrected chi connectivity index (χ4v) is 3.89. The number of hydrogen-bond acceptors (Lipinski definition) is 4. The van der Waals surface area contributed by atoms with Gasteiger partial charge in [-0.2, -0.15) is 5.10 Å². The number of nitrogens with zero attached hydrogens (tertiary/aromatic N) is 3. The second-order valence-corrected chi connectivity index (χ2v) is 7.65. The highest BCUT2D eigenvalue weighted by Gasteiger charge is 2.24. The molecule has 0 aliphatic heterocycles. The minimum Gasteiger partial charge on any atom is -0.507 e. The highest BCUT2D eigenvalue weighted by atomic mass is 32.1. The van der Waals surface area contributed by atoms with Gasteiger partial charge < -0.3 is 10.0 Å². The molecule has 30 heavy (non-hydrogen) atoms. The zero-order valence-corrected chi connectivity index (χ0v) is 16.7. The van der Waals surface area contributed by atoms with Gasteiger partial charge in [0.05, 0.1) is 10.6 Å². The summed E-state index contributed by atoms with van der Waals surface area (Å²) in [6.45, 7) is 0.120. The Morgan fingerprint density at radius 2 is 1.93 bits per heavy atom. The van der Waals surface area contributed by atoms with Crippen molar-refractivity contribution < 1.29 is 18.7 Å². The molecule has 0 radical (unpaired) electrons. The van der Waals surface area contributed by atoms with Crippen molar-refractivity contribution >= 4 is 17.2 Å². The van der Waals surface area contributed by atoms with Crippen LogP contribution in [-0.4, -0.2) is 32.7 Å². The van der Waals surface area contributed by atoms with E-state index in [0.29, 0.717) is 17.8 Å². The van der Waals surface area contributed by atoms with Crippen LogP contribution >= 0.6 is 11.3 Å². The van der Waals surface area contributed by atoms with Gasteiger partial charge in [0.15, 0.2) is 0 Å². The SMILES string of the molecule is CN(Cc1cn(-c2ccccc2)nc1-c1cccs1)C(=O)c1c(O)cc(F)cc1F. The molecular formula is C22H17F2N3O2S. The van der Waals surface area contributed by atoms with Crippen LogP contribution in [0, 0.1) is 11.6 Å². The lowest BCUT2D eigenvalue weighted by atomic mass is 10.1. The summed E-state index contributed by atoms with van der Waals surface area (Å²) >= 11 is 1.52. The number of hydrogen-bond donors (Lipinski definition) is 1. The number of carbonyl (C=O) groups excluding carboxylic acids is 1. The normalized spacial score (nSPS) is 10.9. The minimum absolute atomic E-state index is 0.120. The lowest BCUT2D eigenvalue weighted by Gasteiger charge is -2.18. The molecule has 0 aliphatic rings. The third-order valence-electron chi connectivity index (χ3n) is 4.57. The monoisotopic (exact) mass is 425 g/mol. The largest absolute Gasteiger partial charge is 0.507 e. The van der Waals surface area contributed by atoms with E-state index < -0.39 is 28.9 Å². The number of halogens is 2. The van der Waals surface area contributed by atoms with Gasteiger partial charge in [-0.25, -0.2) is 13.5 Å². The fraction of sp³-hybridized carbons (Fsp3) is 0.0909. The van der Waals surface area contributed by atoms with E-state index in [1.165, 1.54) is 23.3 Å². The molecule has 0 atom stereocenters. The highest BCUT2D eigenvalue weighted by Crippen LogP contribution is 2.30. The number of rotatable bonds is 5. The summed E-state index contributed by atoms with van der Waals surface area (Å²) in [6.07, 6.45) is 1.81. The van der Waals surface area contributed by atoms with Gasteiger partial charge in [0, 0.05) is 37.5 Å². The van der Waals surface area contributed by atoms with Crippen LogP contribution in [0.5, 0.6) is 5.75 Å². The Morgan fingerprint density at radius 3 is 2.60 bits per heavy atom. The third-order valence-corrected chi connectivity index (χ3v) is 5.44. The van der Waals surface area contributed by atoms with Crippen LogP contribution < -0.4 is 0 Å². The third kappa shape index (κ3) is 3.81. The van der Waals surface area contributed by atoms with Crippen LogP contribution in [0.2, 0.25) is 0 Å². The predicted octanol–water partition coefficient (Wildman–Crippen LogP) is 4.86. The second-order valence-electron chi connectivity index (χ2n) is 6.70. The van der Waals surface area contributed by atoms with E-state index >= 15 is 0 Å². The number of benzene rings is 2. The van der Waals surface area contributed by atoms with E-state index in [1.807, 2.05) is 54.0 Å². The Kier molecular flexibility index (Phi) is 5.33. The molecule has 1 amide bonds. The lowest BCUT2D eigenvalue weighted by Crippen LogP contribution is -2.27. The Hall–Kier alpha value is -3.52. The smallest absolute Gasteiger partial charge is 0.260 e. The number of phenols is 1. The average Bonchev–Trinajstić information content (AvgIpc) is 3.37. The Balaban J connectivity index is 1.68. The van der Waals surface area contributed by atoms with Gasteiger partial charge in [-0.15, -0.1) is 11.3 Å². The zero-order valence-electron chi connectivity index (χ0n) is 15.9. The topological polar surface area (TPSA) is 58.4 Å². The molecule has 2 aromatic heterocycles. The van der Waals surface area contributed by atoms with Crippen molar-refractivity contribution in [3.05, 3.63) is 88.9 Å². The second kappa shape index (κ2) is 8.08. The molecule has 8 heteroatoms. The maximum Gasteiger partial charge on any atom is 0.260 e. The average molecular weight is 425 g/mol.